The normalized spacial score (nSPS) is 28.7. The highest BCUT2D eigenvalue weighted by molar-refractivity contribution is 4.77. The van der Waals surface area contributed by atoms with Gasteiger partial charge in [-0.3, -0.25) is 0 Å². The van der Waals surface area contributed by atoms with Gasteiger partial charge in [-0.05, 0) is 31.6 Å². The van der Waals surface area contributed by atoms with E-state index in [-0.39, 0.29) is 6.10 Å². The summed E-state index contributed by atoms with van der Waals surface area (Å²) in [5.74, 6) is 0.531. The number of hydrogen-bond donors (Lipinski definition) is 1. The summed E-state index contributed by atoms with van der Waals surface area (Å²) < 4.78 is 0. The second-order valence-electron chi connectivity index (χ2n) is 3.66. The van der Waals surface area contributed by atoms with Crippen molar-refractivity contribution in [3.8, 4) is 6.07 Å². The second kappa shape index (κ2) is 5.16. The number of aliphatic hydroxyl groups is 1. The van der Waals surface area contributed by atoms with Gasteiger partial charge in [0, 0.05) is 6.42 Å². The van der Waals surface area contributed by atoms with Gasteiger partial charge in [0.15, 0.2) is 0 Å². The van der Waals surface area contributed by atoms with Crippen LogP contribution in [0.1, 0.15) is 44.9 Å². The van der Waals surface area contributed by atoms with Gasteiger partial charge in [0.05, 0.1) is 12.2 Å². The van der Waals surface area contributed by atoms with Gasteiger partial charge < -0.3 is 5.11 Å². The fourth-order valence-electron chi connectivity index (χ4n) is 1.96. The lowest BCUT2D eigenvalue weighted by Crippen LogP contribution is -2.12. The molecule has 0 amide bonds. The average molecular weight is 167 g/mol. The Morgan fingerprint density at radius 1 is 1.33 bits per heavy atom. The first-order valence-corrected chi connectivity index (χ1v) is 4.89. The number of hydrogen-bond acceptors (Lipinski definition) is 2. The predicted octanol–water partition coefficient (Wildman–Crippen LogP) is 2.23. The van der Waals surface area contributed by atoms with Crippen LogP contribution in [0.4, 0.5) is 0 Å². The average Bonchev–Trinajstić information content (AvgIpc) is 2.46. The maximum atomic E-state index is 9.48. The molecule has 1 N–H and O–H groups in total. The topological polar surface area (TPSA) is 44.0 Å². The van der Waals surface area contributed by atoms with Gasteiger partial charge in [-0.1, -0.05) is 12.8 Å². The van der Waals surface area contributed by atoms with Crippen LogP contribution in [0, 0.1) is 17.2 Å². The highest BCUT2D eigenvalue weighted by atomic mass is 16.3. The number of rotatable bonds is 4. The number of nitrogens with zero attached hydrogens (tertiary/aromatic N) is 1. The third kappa shape index (κ3) is 2.83. The van der Waals surface area contributed by atoms with E-state index >= 15 is 0 Å². The lowest BCUT2D eigenvalue weighted by Gasteiger charge is -2.12. The summed E-state index contributed by atoms with van der Waals surface area (Å²) in [6.45, 7) is 0. The van der Waals surface area contributed by atoms with E-state index < -0.39 is 0 Å². The van der Waals surface area contributed by atoms with E-state index in [1.54, 1.807) is 0 Å². The van der Waals surface area contributed by atoms with Crippen molar-refractivity contribution in [2.24, 2.45) is 5.92 Å². The Labute approximate surface area is 74.2 Å². The monoisotopic (exact) mass is 167 g/mol. The molecule has 0 aliphatic heterocycles. The highest BCUT2D eigenvalue weighted by Gasteiger charge is 2.23. The molecule has 0 bridgehead atoms. The highest BCUT2D eigenvalue weighted by Crippen LogP contribution is 2.29. The molecule has 1 fully saturated rings. The lowest BCUT2D eigenvalue weighted by molar-refractivity contribution is 0.126. The summed E-state index contributed by atoms with van der Waals surface area (Å²) in [6, 6.07) is 2.14. The van der Waals surface area contributed by atoms with Gasteiger partial charge >= 0.3 is 0 Å². The van der Waals surface area contributed by atoms with Crippen molar-refractivity contribution in [2.45, 2.75) is 51.0 Å². The Bertz CT molecular complexity index is 162. The Morgan fingerprint density at radius 2 is 2.17 bits per heavy atom. The molecule has 2 nitrogen and oxygen atoms in total. The molecule has 0 spiro atoms. The van der Waals surface area contributed by atoms with Crippen LogP contribution in [0.25, 0.3) is 0 Å². The van der Waals surface area contributed by atoms with E-state index in [1.807, 2.05) is 0 Å². The van der Waals surface area contributed by atoms with Gasteiger partial charge in [-0.25, -0.2) is 0 Å². The molecule has 1 aliphatic rings. The molecule has 2 unspecified atom stereocenters. The molecule has 0 aromatic rings. The van der Waals surface area contributed by atoms with Crippen LogP contribution in [0.2, 0.25) is 0 Å². The van der Waals surface area contributed by atoms with Crippen molar-refractivity contribution >= 4 is 0 Å². The van der Waals surface area contributed by atoms with E-state index in [0.29, 0.717) is 12.3 Å². The zero-order chi connectivity index (χ0) is 8.81. The van der Waals surface area contributed by atoms with Crippen LogP contribution in [0.5, 0.6) is 0 Å². The molecule has 0 radical (unpaired) electrons. The summed E-state index contributed by atoms with van der Waals surface area (Å²) in [6.07, 6.45) is 7.20. The Hall–Kier alpha value is -0.550. The molecule has 1 rings (SSSR count). The van der Waals surface area contributed by atoms with Gasteiger partial charge in [-0.2, -0.15) is 5.26 Å². The predicted molar refractivity (Wildman–Crippen MR) is 47.4 cm³/mol. The molecular weight excluding hydrogens is 150 g/mol. The van der Waals surface area contributed by atoms with E-state index in [0.717, 1.165) is 25.7 Å². The van der Waals surface area contributed by atoms with E-state index in [2.05, 4.69) is 6.07 Å². The lowest BCUT2D eigenvalue weighted by atomic mass is 9.98. The third-order valence-corrected chi connectivity index (χ3v) is 2.73. The van der Waals surface area contributed by atoms with Crippen LogP contribution >= 0.6 is 0 Å². The summed E-state index contributed by atoms with van der Waals surface area (Å²) in [5, 5.41) is 17.8. The largest absolute Gasteiger partial charge is 0.393 e. The Morgan fingerprint density at radius 3 is 2.75 bits per heavy atom. The van der Waals surface area contributed by atoms with Crippen molar-refractivity contribution in [1.82, 2.24) is 0 Å². The number of aliphatic hydroxyl groups excluding tert-OH is 1. The van der Waals surface area contributed by atoms with Crippen molar-refractivity contribution in [3.63, 3.8) is 0 Å². The molecular formula is C10H17NO. The summed E-state index contributed by atoms with van der Waals surface area (Å²) in [5.41, 5.74) is 0. The van der Waals surface area contributed by atoms with Crippen LogP contribution < -0.4 is 0 Å². The number of unbranched alkanes of at least 4 members (excludes halogenated alkanes) is 2. The van der Waals surface area contributed by atoms with Crippen molar-refractivity contribution < 1.29 is 5.11 Å². The van der Waals surface area contributed by atoms with Crippen LogP contribution in [0.15, 0.2) is 0 Å². The molecule has 2 heteroatoms. The minimum absolute atomic E-state index is 0.0490. The zero-order valence-corrected chi connectivity index (χ0v) is 7.50. The number of nitriles is 1. The van der Waals surface area contributed by atoms with Crippen molar-refractivity contribution in [2.75, 3.05) is 0 Å². The standard InChI is InChI=1S/C10H17NO/c11-8-3-1-2-5-9-6-4-7-10(9)12/h9-10,12H,1-7H2. The van der Waals surface area contributed by atoms with E-state index in [9.17, 15) is 5.11 Å². The Kier molecular flexibility index (Phi) is 4.10. The van der Waals surface area contributed by atoms with Crippen LogP contribution in [-0.4, -0.2) is 11.2 Å². The molecule has 0 saturated heterocycles. The maximum Gasteiger partial charge on any atom is 0.0621 e. The first-order chi connectivity index (χ1) is 5.84. The molecule has 0 heterocycles. The van der Waals surface area contributed by atoms with Gasteiger partial charge in [0.1, 0.15) is 0 Å². The molecule has 0 aromatic heterocycles. The van der Waals surface area contributed by atoms with E-state index in [1.165, 1.54) is 12.8 Å². The van der Waals surface area contributed by atoms with Crippen molar-refractivity contribution in [3.05, 3.63) is 0 Å². The Balaban J connectivity index is 2.03. The third-order valence-electron chi connectivity index (χ3n) is 2.73. The minimum atomic E-state index is -0.0490. The quantitative estimate of drug-likeness (QED) is 0.652. The molecule has 1 aliphatic carbocycles. The van der Waals surface area contributed by atoms with E-state index in [4.69, 9.17) is 5.26 Å². The summed E-state index contributed by atoms with van der Waals surface area (Å²) >= 11 is 0. The second-order valence-corrected chi connectivity index (χ2v) is 3.66. The molecule has 0 aromatic carbocycles. The van der Waals surface area contributed by atoms with Gasteiger partial charge in [0.25, 0.3) is 0 Å². The fraction of sp³-hybridized carbons (Fsp3) is 0.900. The first-order valence-electron chi connectivity index (χ1n) is 4.89. The van der Waals surface area contributed by atoms with Crippen LogP contribution in [0.3, 0.4) is 0 Å². The maximum absolute atomic E-state index is 9.48. The van der Waals surface area contributed by atoms with Crippen LogP contribution in [-0.2, 0) is 0 Å². The molecule has 68 valence electrons. The van der Waals surface area contributed by atoms with Gasteiger partial charge in [0.2, 0.25) is 0 Å². The summed E-state index contributed by atoms with van der Waals surface area (Å²) in [7, 11) is 0. The molecule has 2 atom stereocenters. The smallest absolute Gasteiger partial charge is 0.0621 e. The van der Waals surface area contributed by atoms with Gasteiger partial charge in [-0.15, -0.1) is 0 Å². The minimum Gasteiger partial charge on any atom is -0.393 e. The molecule has 12 heavy (non-hydrogen) atoms. The van der Waals surface area contributed by atoms with Crippen molar-refractivity contribution in [1.29, 1.82) is 5.26 Å². The fourth-order valence-corrected chi connectivity index (χ4v) is 1.96. The molecule has 1 saturated carbocycles. The SMILES string of the molecule is N#CCCCCC1CCCC1O. The zero-order valence-electron chi connectivity index (χ0n) is 7.50. The summed E-state index contributed by atoms with van der Waals surface area (Å²) in [4.78, 5) is 0. The first kappa shape index (κ1) is 9.54.